The molecule has 0 aromatic heterocycles. The van der Waals surface area contributed by atoms with Gasteiger partial charge in [0.05, 0.1) is 18.3 Å². The molecule has 0 saturated heterocycles. The van der Waals surface area contributed by atoms with Crippen molar-refractivity contribution in [3.8, 4) is 0 Å². The number of amides is 2. The lowest BCUT2D eigenvalue weighted by Gasteiger charge is -2.21. The monoisotopic (exact) mass is 391 g/mol. The normalized spacial score (nSPS) is 14.6. The maximum absolute atomic E-state index is 12.5. The molecule has 5 nitrogen and oxygen atoms in total. The second-order valence-corrected chi connectivity index (χ2v) is 7.84. The summed E-state index contributed by atoms with van der Waals surface area (Å²) in [7, 11) is 0. The third-order valence-corrected chi connectivity index (χ3v) is 5.01. The van der Waals surface area contributed by atoms with Crippen LogP contribution in [0.5, 0.6) is 0 Å². The van der Waals surface area contributed by atoms with E-state index in [9.17, 15) is 9.59 Å². The predicted molar refractivity (Wildman–Crippen MR) is 115 cm³/mol. The quantitative estimate of drug-likeness (QED) is 0.729. The van der Waals surface area contributed by atoms with Crippen molar-refractivity contribution in [1.82, 2.24) is 10.3 Å². The fourth-order valence-corrected chi connectivity index (χ4v) is 3.52. The Kier molecular flexibility index (Phi) is 7.17. The molecule has 2 aromatic rings. The van der Waals surface area contributed by atoms with Crippen LogP contribution in [0.3, 0.4) is 0 Å². The zero-order valence-corrected chi connectivity index (χ0v) is 17.2. The van der Waals surface area contributed by atoms with Crippen LogP contribution < -0.4 is 5.32 Å². The van der Waals surface area contributed by atoms with Crippen molar-refractivity contribution < 1.29 is 9.59 Å². The van der Waals surface area contributed by atoms with E-state index < -0.39 is 0 Å². The first-order valence-corrected chi connectivity index (χ1v) is 10.3. The van der Waals surface area contributed by atoms with Crippen LogP contribution in [0.4, 0.5) is 0 Å². The Morgan fingerprint density at radius 2 is 1.66 bits per heavy atom. The maximum Gasteiger partial charge on any atom is 0.243 e. The SMILES string of the molecule is CC(C)CC(NC(=O)CCC(=O)N1CCC(c2ccccc2)=N1)c1ccccc1. The Bertz CT molecular complexity index is 847. The molecule has 3 rings (SSSR count). The molecule has 0 fully saturated rings. The van der Waals surface area contributed by atoms with Gasteiger partial charge >= 0.3 is 0 Å². The molecule has 1 atom stereocenters. The fourth-order valence-electron chi connectivity index (χ4n) is 3.52. The van der Waals surface area contributed by atoms with E-state index in [1.807, 2.05) is 60.7 Å². The van der Waals surface area contributed by atoms with Crippen molar-refractivity contribution in [2.24, 2.45) is 11.0 Å². The molecule has 0 spiro atoms. The Balaban J connectivity index is 1.53. The lowest BCUT2D eigenvalue weighted by Crippen LogP contribution is -2.31. The van der Waals surface area contributed by atoms with Gasteiger partial charge in [0, 0.05) is 19.3 Å². The Morgan fingerprint density at radius 1 is 1.00 bits per heavy atom. The molecule has 0 saturated carbocycles. The number of nitrogens with zero attached hydrogens (tertiary/aromatic N) is 2. The van der Waals surface area contributed by atoms with Crippen molar-refractivity contribution in [3.63, 3.8) is 0 Å². The summed E-state index contributed by atoms with van der Waals surface area (Å²) < 4.78 is 0. The van der Waals surface area contributed by atoms with Crippen LogP contribution >= 0.6 is 0 Å². The maximum atomic E-state index is 12.5. The first kappa shape index (κ1) is 20.8. The summed E-state index contributed by atoms with van der Waals surface area (Å²) in [6.07, 6.45) is 1.94. The average Bonchev–Trinajstić information content (AvgIpc) is 3.23. The summed E-state index contributed by atoms with van der Waals surface area (Å²) in [6.45, 7) is 4.85. The minimum absolute atomic E-state index is 0.0340. The first-order chi connectivity index (χ1) is 14.0. The highest BCUT2D eigenvalue weighted by Crippen LogP contribution is 2.21. The van der Waals surface area contributed by atoms with Crippen molar-refractivity contribution >= 4 is 17.5 Å². The van der Waals surface area contributed by atoms with E-state index in [1.165, 1.54) is 5.01 Å². The largest absolute Gasteiger partial charge is 0.349 e. The second kappa shape index (κ2) is 10.0. The number of carbonyl (C=O) groups is 2. The van der Waals surface area contributed by atoms with Gasteiger partial charge < -0.3 is 5.32 Å². The van der Waals surface area contributed by atoms with Gasteiger partial charge in [0.1, 0.15) is 0 Å². The lowest BCUT2D eigenvalue weighted by molar-refractivity contribution is -0.133. The Morgan fingerprint density at radius 3 is 2.31 bits per heavy atom. The highest BCUT2D eigenvalue weighted by atomic mass is 16.2. The van der Waals surface area contributed by atoms with Gasteiger partial charge in [-0.3, -0.25) is 9.59 Å². The van der Waals surface area contributed by atoms with Crippen molar-refractivity contribution in [3.05, 3.63) is 71.8 Å². The standard InChI is InChI=1S/C24H29N3O2/c1-18(2)17-22(20-11-7-4-8-12-20)25-23(28)13-14-24(29)27-16-15-21(26-27)19-9-5-3-6-10-19/h3-12,18,22H,13-17H2,1-2H3,(H,25,28). The minimum atomic E-state index is -0.105. The Labute approximate surface area is 172 Å². The highest BCUT2D eigenvalue weighted by Gasteiger charge is 2.23. The number of benzene rings is 2. The van der Waals surface area contributed by atoms with Gasteiger partial charge in [-0.15, -0.1) is 0 Å². The summed E-state index contributed by atoms with van der Waals surface area (Å²) >= 11 is 0. The first-order valence-electron chi connectivity index (χ1n) is 10.3. The zero-order chi connectivity index (χ0) is 20.6. The molecular weight excluding hydrogens is 362 g/mol. The van der Waals surface area contributed by atoms with Gasteiger partial charge in [-0.25, -0.2) is 5.01 Å². The smallest absolute Gasteiger partial charge is 0.243 e. The molecule has 0 aliphatic carbocycles. The van der Waals surface area contributed by atoms with E-state index >= 15 is 0 Å². The lowest BCUT2D eigenvalue weighted by atomic mass is 9.97. The molecule has 2 amide bonds. The van der Waals surface area contributed by atoms with Crippen LogP contribution in [0.2, 0.25) is 0 Å². The molecule has 1 heterocycles. The van der Waals surface area contributed by atoms with Crippen LogP contribution in [-0.4, -0.2) is 29.1 Å². The van der Waals surface area contributed by atoms with E-state index in [0.29, 0.717) is 12.5 Å². The van der Waals surface area contributed by atoms with E-state index in [-0.39, 0.29) is 30.7 Å². The van der Waals surface area contributed by atoms with Crippen LogP contribution in [0.15, 0.2) is 65.8 Å². The molecule has 1 N–H and O–H groups in total. The van der Waals surface area contributed by atoms with Crippen LogP contribution in [-0.2, 0) is 9.59 Å². The number of rotatable bonds is 8. The summed E-state index contributed by atoms with van der Waals surface area (Å²) in [6, 6.07) is 19.8. The van der Waals surface area contributed by atoms with E-state index in [0.717, 1.165) is 29.7 Å². The zero-order valence-electron chi connectivity index (χ0n) is 17.2. The average molecular weight is 392 g/mol. The van der Waals surface area contributed by atoms with E-state index in [2.05, 4.69) is 24.3 Å². The molecule has 152 valence electrons. The molecule has 1 unspecified atom stereocenters. The summed E-state index contributed by atoms with van der Waals surface area (Å²) in [5, 5.41) is 9.05. The number of hydrogen-bond acceptors (Lipinski definition) is 3. The topological polar surface area (TPSA) is 61.8 Å². The number of carbonyl (C=O) groups excluding carboxylic acids is 2. The second-order valence-electron chi connectivity index (χ2n) is 7.84. The van der Waals surface area contributed by atoms with Crippen molar-refractivity contribution in [1.29, 1.82) is 0 Å². The highest BCUT2D eigenvalue weighted by molar-refractivity contribution is 6.02. The molecule has 29 heavy (non-hydrogen) atoms. The Hall–Kier alpha value is -2.95. The fraction of sp³-hybridized carbons (Fsp3) is 0.375. The van der Waals surface area contributed by atoms with E-state index in [4.69, 9.17) is 0 Å². The summed E-state index contributed by atoms with van der Waals surface area (Å²) in [5.41, 5.74) is 3.06. The number of nitrogens with one attached hydrogen (secondary N) is 1. The number of hydrazone groups is 1. The van der Waals surface area contributed by atoms with Gasteiger partial charge in [-0.05, 0) is 23.5 Å². The van der Waals surface area contributed by atoms with Gasteiger partial charge in [0.25, 0.3) is 0 Å². The molecule has 1 aliphatic heterocycles. The van der Waals surface area contributed by atoms with Crippen molar-refractivity contribution in [2.45, 2.75) is 45.6 Å². The van der Waals surface area contributed by atoms with Crippen LogP contribution in [0.1, 0.15) is 56.7 Å². The molecule has 2 aromatic carbocycles. The van der Waals surface area contributed by atoms with Gasteiger partial charge in [0.2, 0.25) is 11.8 Å². The molecule has 5 heteroatoms. The van der Waals surface area contributed by atoms with Crippen LogP contribution in [0, 0.1) is 5.92 Å². The summed E-state index contributed by atoms with van der Waals surface area (Å²) in [5.74, 6) is 0.253. The molecule has 0 radical (unpaired) electrons. The van der Waals surface area contributed by atoms with Gasteiger partial charge in [-0.1, -0.05) is 74.5 Å². The van der Waals surface area contributed by atoms with Gasteiger partial charge in [0.15, 0.2) is 0 Å². The molecule has 0 bridgehead atoms. The van der Waals surface area contributed by atoms with Crippen LogP contribution in [0.25, 0.3) is 0 Å². The molecular formula is C24H29N3O2. The predicted octanol–water partition coefficient (Wildman–Crippen LogP) is 4.31. The van der Waals surface area contributed by atoms with E-state index in [1.54, 1.807) is 0 Å². The third-order valence-electron chi connectivity index (χ3n) is 5.01. The van der Waals surface area contributed by atoms with Crippen molar-refractivity contribution in [2.75, 3.05) is 6.54 Å². The third kappa shape index (κ3) is 6.01. The molecule has 1 aliphatic rings. The van der Waals surface area contributed by atoms with Gasteiger partial charge in [-0.2, -0.15) is 5.10 Å². The summed E-state index contributed by atoms with van der Waals surface area (Å²) in [4.78, 5) is 25.0. The number of hydrogen-bond donors (Lipinski definition) is 1. The minimum Gasteiger partial charge on any atom is -0.349 e.